The van der Waals surface area contributed by atoms with Crippen molar-refractivity contribution in [3.05, 3.63) is 29.0 Å². The van der Waals surface area contributed by atoms with Crippen LogP contribution in [0.25, 0.3) is 11.0 Å². The summed E-state index contributed by atoms with van der Waals surface area (Å²) in [6.07, 6.45) is 2.36. The lowest BCUT2D eigenvalue weighted by molar-refractivity contribution is -0.141. The second-order valence-corrected chi connectivity index (χ2v) is 12.8. The molecular formula is C36H60Cl2N4O10. The number of piperazine rings is 1. The van der Waals surface area contributed by atoms with E-state index in [-0.39, 0.29) is 5.97 Å². The molecule has 0 bridgehead atoms. The first kappa shape index (κ1) is 44.7. The summed E-state index contributed by atoms with van der Waals surface area (Å²) in [5.74, 6) is 1.07. The van der Waals surface area contributed by atoms with Crippen LogP contribution in [0.3, 0.4) is 0 Å². The number of carbonyl (C=O) groups excluding carboxylic acids is 1. The Balaban J connectivity index is 0.952. The number of benzene rings is 1. The highest BCUT2D eigenvalue weighted by molar-refractivity contribution is 6.31. The van der Waals surface area contributed by atoms with Crippen LogP contribution in [0.1, 0.15) is 25.1 Å². The third kappa shape index (κ3) is 20.1. The van der Waals surface area contributed by atoms with Crippen LogP contribution in [-0.2, 0) is 59.9 Å². The van der Waals surface area contributed by atoms with Gasteiger partial charge < -0.3 is 52.1 Å². The molecule has 0 aliphatic carbocycles. The van der Waals surface area contributed by atoms with E-state index in [1.807, 2.05) is 18.2 Å². The predicted octanol–water partition coefficient (Wildman–Crippen LogP) is 3.52. The predicted molar refractivity (Wildman–Crippen MR) is 200 cm³/mol. The number of hydrogen-bond donors (Lipinski definition) is 0. The summed E-state index contributed by atoms with van der Waals surface area (Å²) in [5, 5.41) is 0.674. The van der Waals surface area contributed by atoms with Crippen molar-refractivity contribution in [3.63, 3.8) is 0 Å². The van der Waals surface area contributed by atoms with E-state index in [1.54, 1.807) is 0 Å². The molecule has 298 valence electrons. The summed E-state index contributed by atoms with van der Waals surface area (Å²) in [6.45, 7) is 15.1. The largest absolute Gasteiger partial charge is 0.469 e. The highest BCUT2D eigenvalue weighted by Crippen LogP contribution is 2.22. The van der Waals surface area contributed by atoms with Crippen LogP contribution in [0.2, 0.25) is 5.02 Å². The van der Waals surface area contributed by atoms with E-state index in [1.165, 1.54) is 7.11 Å². The van der Waals surface area contributed by atoms with E-state index in [9.17, 15) is 4.79 Å². The lowest BCUT2D eigenvalue weighted by atomic mass is 10.3. The van der Waals surface area contributed by atoms with Gasteiger partial charge in [-0.1, -0.05) is 11.6 Å². The van der Waals surface area contributed by atoms with Gasteiger partial charge in [-0.15, -0.1) is 11.6 Å². The summed E-state index contributed by atoms with van der Waals surface area (Å²) in [7, 11) is 1.43. The molecule has 1 saturated heterocycles. The first-order chi connectivity index (χ1) is 25.6. The van der Waals surface area contributed by atoms with Crippen molar-refractivity contribution in [2.24, 2.45) is 0 Å². The molecule has 0 radical (unpaired) electrons. The van der Waals surface area contributed by atoms with Gasteiger partial charge in [-0.05, 0) is 31.0 Å². The smallest absolute Gasteiger partial charge is 0.306 e. The average molecular weight is 780 g/mol. The van der Waals surface area contributed by atoms with Crippen molar-refractivity contribution in [2.75, 3.05) is 152 Å². The average Bonchev–Trinajstić information content (AvgIpc) is 3.51. The van der Waals surface area contributed by atoms with Crippen LogP contribution in [0.5, 0.6) is 0 Å². The topological polar surface area (TPSA) is 124 Å². The van der Waals surface area contributed by atoms with Gasteiger partial charge in [-0.2, -0.15) is 0 Å². The number of alkyl halides is 1. The monoisotopic (exact) mass is 778 g/mol. The Morgan fingerprint density at radius 1 is 0.635 bits per heavy atom. The van der Waals surface area contributed by atoms with Crippen LogP contribution in [0.4, 0.5) is 0 Å². The maximum Gasteiger partial charge on any atom is 0.306 e. The maximum absolute atomic E-state index is 11.3. The quantitative estimate of drug-likeness (QED) is 0.0597. The molecule has 0 unspecified atom stereocenters. The van der Waals surface area contributed by atoms with Crippen LogP contribution in [-0.4, -0.2) is 177 Å². The molecule has 52 heavy (non-hydrogen) atoms. The first-order valence-electron chi connectivity index (χ1n) is 18.4. The number of unbranched alkanes of at least 4 members (excludes halogenated alkanes) is 1. The number of hydrogen-bond acceptors (Lipinski definition) is 13. The molecule has 2 aromatic rings. The number of rotatable bonds is 33. The number of fused-ring (bicyclic) bond motifs is 1. The van der Waals surface area contributed by atoms with Gasteiger partial charge in [-0.25, -0.2) is 4.98 Å². The molecule has 0 amide bonds. The van der Waals surface area contributed by atoms with Gasteiger partial charge in [0, 0.05) is 57.4 Å². The molecule has 0 atom stereocenters. The van der Waals surface area contributed by atoms with Gasteiger partial charge in [0.25, 0.3) is 0 Å². The first-order valence-corrected chi connectivity index (χ1v) is 19.4. The lowest BCUT2D eigenvalue weighted by Gasteiger charge is -2.34. The third-order valence-electron chi connectivity index (χ3n) is 8.31. The van der Waals surface area contributed by atoms with Crippen molar-refractivity contribution in [1.29, 1.82) is 0 Å². The second-order valence-electron chi connectivity index (χ2n) is 12.1. The van der Waals surface area contributed by atoms with Gasteiger partial charge in [-0.3, -0.25) is 9.69 Å². The number of aryl methyl sites for hydroxylation is 1. The summed E-state index contributed by atoms with van der Waals surface area (Å²) in [4.78, 5) is 20.5. The Bertz CT molecular complexity index is 1190. The Morgan fingerprint density at radius 3 is 1.58 bits per heavy atom. The van der Waals surface area contributed by atoms with Crippen molar-refractivity contribution >= 4 is 40.2 Å². The normalized spacial score (nSPS) is 14.1. The number of nitrogens with zero attached hydrogens (tertiary/aromatic N) is 4. The Hall–Kier alpha value is -1.66. The Labute approximate surface area is 319 Å². The van der Waals surface area contributed by atoms with E-state index in [2.05, 4.69) is 19.4 Å². The number of carbonyl (C=O) groups is 1. The minimum atomic E-state index is -0.151. The van der Waals surface area contributed by atoms with Crippen LogP contribution in [0, 0.1) is 0 Å². The molecule has 0 N–H and O–H groups in total. The molecular weight excluding hydrogens is 719 g/mol. The SMILES string of the molecule is COC(=O)CCN1CCN(CCOCCOCCOCCOCCOCCOCCOCCOCCCCn2c(CCl)nc3cc(Cl)ccc32)CC1. The molecule has 14 nitrogen and oxygen atoms in total. The van der Waals surface area contributed by atoms with E-state index in [0.29, 0.717) is 123 Å². The van der Waals surface area contributed by atoms with Crippen molar-refractivity contribution in [3.8, 4) is 0 Å². The fourth-order valence-electron chi connectivity index (χ4n) is 5.40. The zero-order valence-corrected chi connectivity index (χ0v) is 32.5. The van der Waals surface area contributed by atoms with Gasteiger partial charge in [0.2, 0.25) is 0 Å². The molecule has 2 heterocycles. The summed E-state index contributed by atoms with van der Waals surface area (Å²) >= 11 is 12.2. The van der Waals surface area contributed by atoms with Gasteiger partial charge >= 0.3 is 5.97 Å². The van der Waals surface area contributed by atoms with Gasteiger partial charge in [0.1, 0.15) is 5.82 Å². The number of imidazole rings is 1. The molecule has 0 spiro atoms. The van der Waals surface area contributed by atoms with E-state index >= 15 is 0 Å². The van der Waals surface area contributed by atoms with Crippen LogP contribution < -0.4 is 0 Å². The zero-order valence-electron chi connectivity index (χ0n) is 31.0. The summed E-state index contributed by atoms with van der Waals surface area (Å²) in [5.41, 5.74) is 1.93. The van der Waals surface area contributed by atoms with E-state index in [0.717, 1.165) is 75.5 Å². The Kier molecular flexibility index (Phi) is 25.5. The third-order valence-corrected chi connectivity index (χ3v) is 8.78. The summed E-state index contributed by atoms with van der Waals surface area (Å²) in [6, 6.07) is 5.74. The lowest BCUT2D eigenvalue weighted by Crippen LogP contribution is -2.47. The number of aromatic nitrogens is 2. The van der Waals surface area contributed by atoms with Crippen LogP contribution >= 0.6 is 23.2 Å². The van der Waals surface area contributed by atoms with Crippen molar-refractivity contribution in [1.82, 2.24) is 19.4 Å². The number of halogens is 2. The molecule has 1 aromatic heterocycles. The fraction of sp³-hybridized carbons (Fsp3) is 0.778. The zero-order chi connectivity index (χ0) is 36.9. The number of methoxy groups -OCH3 is 1. The maximum atomic E-state index is 11.3. The van der Waals surface area contributed by atoms with Gasteiger partial charge in [0.05, 0.1) is 130 Å². The second kappa shape index (κ2) is 29.7. The summed E-state index contributed by atoms with van der Waals surface area (Å²) < 4.78 is 51.5. The Morgan fingerprint density at radius 2 is 1.10 bits per heavy atom. The molecule has 1 aliphatic rings. The molecule has 1 fully saturated rings. The minimum absolute atomic E-state index is 0.151. The van der Waals surface area contributed by atoms with Crippen LogP contribution in [0.15, 0.2) is 18.2 Å². The van der Waals surface area contributed by atoms with Crippen molar-refractivity contribution < 1.29 is 47.4 Å². The molecule has 1 aromatic carbocycles. The standard InChI is InChI=1S/C36H60Cl2N4O10/c1-44-36(43)6-8-40-9-11-41(12-10-40)13-15-46-17-19-48-21-23-50-25-27-52-29-28-51-26-24-49-22-20-47-18-16-45-14-3-2-7-42-34-5-4-32(38)30-33(34)39-35(42)31-37/h4-5,30H,2-3,6-29,31H2,1H3. The molecule has 0 saturated carbocycles. The molecule has 3 rings (SSSR count). The number of ether oxygens (including phenoxy) is 9. The number of esters is 1. The van der Waals surface area contributed by atoms with E-state index in [4.69, 9.17) is 65.8 Å². The van der Waals surface area contributed by atoms with Crippen molar-refractivity contribution in [2.45, 2.75) is 31.7 Å². The molecule has 1 aliphatic heterocycles. The highest BCUT2D eigenvalue weighted by Gasteiger charge is 2.17. The highest BCUT2D eigenvalue weighted by atomic mass is 35.5. The minimum Gasteiger partial charge on any atom is -0.469 e. The van der Waals surface area contributed by atoms with E-state index < -0.39 is 0 Å². The molecule has 16 heteroatoms. The van der Waals surface area contributed by atoms with Gasteiger partial charge in [0.15, 0.2) is 0 Å². The fourth-order valence-corrected chi connectivity index (χ4v) is 5.77.